The summed E-state index contributed by atoms with van der Waals surface area (Å²) in [5.74, 6) is 0.443. The van der Waals surface area contributed by atoms with E-state index in [1.165, 1.54) is 0 Å². The molecule has 2 heterocycles. The largest absolute Gasteiger partial charge is 0.494 e. The third-order valence-corrected chi connectivity index (χ3v) is 4.62. The van der Waals surface area contributed by atoms with Crippen molar-refractivity contribution in [3.8, 4) is 17.0 Å². The minimum Gasteiger partial charge on any atom is -0.494 e. The van der Waals surface area contributed by atoms with E-state index in [9.17, 15) is 4.79 Å². The Morgan fingerprint density at radius 2 is 2.04 bits per heavy atom. The Morgan fingerprint density at radius 3 is 2.93 bits per heavy atom. The molecule has 0 fully saturated rings. The number of nitrogens with one attached hydrogen (secondary N) is 1. The van der Waals surface area contributed by atoms with E-state index < -0.39 is 5.91 Å². The molecule has 0 saturated carbocycles. The number of carbonyl (C=O) groups excluding carboxylic acids is 1. The van der Waals surface area contributed by atoms with Crippen LogP contribution in [0, 0.1) is 0 Å². The van der Waals surface area contributed by atoms with Crippen LogP contribution in [0.25, 0.3) is 11.3 Å². The van der Waals surface area contributed by atoms with Crippen molar-refractivity contribution in [2.45, 2.75) is 6.42 Å². The van der Waals surface area contributed by atoms with Crippen molar-refractivity contribution in [2.24, 2.45) is 0 Å². The van der Waals surface area contributed by atoms with Gasteiger partial charge in [-0.1, -0.05) is 24.3 Å². The summed E-state index contributed by atoms with van der Waals surface area (Å²) in [6.07, 6.45) is 2.40. The van der Waals surface area contributed by atoms with Gasteiger partial charge in [-0.25, -0.2) is 9.97 Å². The van der Waals surface area contributed by atoms with Crippen LogP contribution in [0.4, 0.5) is 17.2 Å². The molecule has 0 saturated heterocycles. The highest BCUT2D eigenvalue weighted by molar-refractivity contribution is 6.07. The Kier molecular flexibility index (Phi) is 4.80. The molecule has 1 amide bonds. The van der Waals surface area contributed by atoms with Crippen LogP contribution in [-0.2, 0) is 0 Å². The lowest BCUT2D eigenvalue weighted by atomic mass is 10.1. The lowest BCUT2D eigenvalue weighted by Crippen LogP contribution is -2.23. The fraction of sp³-hybridized carbons (Fsp3) is 0.190. The first-order valence-corrected chi connectivity index (χ1v) is 9.09. The number of ether oxygens (including phenoxy) is 1. The van der Waals surface area contributed by atoms with E-state index in [-0.39, 0.29) is 11.5 Å². The van der Waals surface area contributed by atoms with Crippen LogP contribution in [-0.4, -0.2) is 36.1 Å². The number of benzene rings is 2. The molecule has 0 aliphatic carbocycles. The first-order chi connectivity index (χ1) is 13.6. The third-order valence-electron chi connectivity index (χ3n) is 4.62. The van der Waals surface area contributed by atoms with E-state index in [1.807, 2.05) is 55.6 Å². The smallest absolute Gasteiger partial charge is 0.278 e. The maximum atomic E-state index is 12.9. The monoisotopic (exact) mass is 375 g/mol. The zero-order valence-electron chi connectivity index (χ0n) is 15.6. The number of carbonyl (C=O) groups is 1. The van der Waals surface area contributed by atoms with Gasteiger partial charge in [0.15, 0.2) is 11.5 Å². The molecule has 7 heteroatoms. The summed E-state index contributed by atoms with van der Waals surface area (Å²) in [5.41, 5.74) is 9.01. The number of nitrogens with zero attached hydrogens (tertiary/aromatic N) is 3. The third kappa shape index (κ3) is 3.59. The second-order valence-corrected chi connectivity index (χ2v) is 6.61. The fourth-order valence-electron chi connectivity index (χ4n) is 3.16. The Hall–Kier alpha value is -3.61. The second kappa shape index (κ2) is 7.56. The molecule has 0 atom stereocenters. The molecule has 7 nitrogen and oxygen atoms in total. The van der Waals surface area contributed by atoms with Crippen LogP contribution in [0.3, 0.4) is 0 Å². The van der Waals surface area contributed by atoms with Crippen LogP contribution in [0.5, 0.6) is 5.75 Å². The van der Waals surface area contributed by atoms with Gasteiger partial charge in [0.25, 0.3) is 5.91 Å². The van der Waals surface area contributed by atoms with Crippen molar-refractivity contribution in [3.05, 3.63) is 60.4 Å². The number of hydrogen-bond donors (Lipinski definition) is 2. The van der Waals surface area contributed by atoms with E-state index in [4.69, 9.17) is 10.5 Å². The zero-order chi connectivity index (χ0) is 19.5. The van der Waals surface area contributed by atoms with E-state index in [0.717, 1.165) is 30.0 Å². The molecule has 0 spiro atoms. The minimum absolute atomic E-state index is 0.0869. The van der Waals surface area contributed by atoms with Gasteiger partial charge in [0.1, 0.15) is 5.75 Å². The molecular weight excluding hydrogens is 354 g/mol. The van der Waals surface area contributed by atoms with Crippen molar-refractivity contribution in [2.75, 3.05) is 36.1 Å². The number of nitrogen functional groups attached to an aromatic ring is 1. The average molecular weight is 375 g/mol. The Labute approximate surface area is 163 Å². The predicted octanol–water partition coefficient (Wildman–Crippen LogP) is 3.20. The van der Waals surface area contributed by atoms with Crippen LogP contribution >= 0.6 is 0 Å². The van der Waals surface area contributed by atoms with E-state index in [0.29, 0.717) is 18.0 Å². The van der Waals surface area contributed by atoms with Crippen molar-refractivity contribution in [1.82, 2.24) is 9.97 Å². The van der Waals surface area contributed by atoms with Gasteiger partial charge >= 0.3 is 0 Å². The summed E-state index contributed by atoms with van der Waals surface area (Å²) in [6.45, 7) is 1.36. The molecular formula is C21H21N5O2. The minimum atomic E-state index is -0.394. The van der Waals surface area contributed by atoms with Crippen LogP contribution in [0.15, 0.2) is 54.7 Å². The number of anilines is 3. The number of rotatable bonds is 0. The van der Waals surface area contributed by atoms with E-state index in [2.05, 4.69) is 20.2 Å². The SMILES string of the molecule is CN1CCCOc2cccc(c2)-c2cnc(N)c(n2)C(=O)Nc2ccccc21. The molecule has 2 aromatic carbocycles. The Morgan fingerprint density at radius 1 is 1.18 bits per heavy atom. The number of aromatic nitrogens is 2. The molecule has 4 rings (SSSR count). The number of nitrogens with two attached hydrogens (primary N) is 1. The highest BCUT2D eigenvalue weighted by Crippen LogP contribution is 2.27. The predicted molar refractivity (Wildman–Crippen MR) is 110 cm³/mol. The number of para-hydroxylation sites is 2. The van der Waals surface area contributed by atoms with Gasteiger partial charge < -0.3 is 20.7 Å². The molecule has 1 aromatic heterocycles. The van der Waals surface area contributed by atoms with Crippen molar-refractivity contribution >= 4 is 23.1 Å². The molecule has 0 radical (unpaired) electrons. The molecule has 3 aromatic rings. The molecule has 3 N–H and O–H groups in total. The Bertz CT molecular complexity index is 1020. The summed E-state index contributed by atoms with van der Waals surface area (Å²) in [6, 6.07) is 15.2. The van der Waals surface area contributed by atoms with E-state index in [1.54, 1.807) is 6.20 Å². The standard InChI is InChI=1S/C21H21N5O2/c1-26-10-5-11-28-15-7-4-6-14(12-15)17-13-23-20(22)19(24-17)21(27)25-16-8-2-3-9-18(16)26/h2-4,6-9,12-13H,5,10-11H2,1H3,(H2,22,23)(H,25,27). The highest BCUT2D eigenvalue weighted by Gasteiger charge is 2.18. The van der Waals surface area contributed by atoms with Crippen LogP contribution in [0.1, 0.15) is 16.9 Å². The molecule has 0 unspecified atom stereocenters. The highest BCUT2D eigenvalue weighted by atomic mass is 16.5. The maximum Gasteiger partial charge on any atom is 0.278 e. The Balaban J connectivity index is 1.79. The second-order valence-electron chi connectivity index (χ2n) is 6.61. The normalized spacial score (nSPS) is 14.2. The molecule has 142 valence electrons. The summed E-state index contributed by atoms with van der Waals surface area (Å²) in [4.78, 5) is 23.6. The zero-order valence-corrected chi connectivity index (χ0v) is 15.6. The number of fused-ring (bicyclic) bond motifs is 6. The van der Waals surface area contributed by atoms with Crippen molar-refractivity contribution in [3.63, 3.8) is 0 Å². The lowest BCUT2D eigenvalue weighted by Gasteiger charge is -2.22. The summed E-state index contributed by atoms with van der Waals surface area (Å²) in [5, 5.41) is 2.92. The summed E-state index contributed by atoms with van der Waals surface area (Å²) >= 11 is 0. The number of amides is 1. The molecule has 28 heavy (non-hydrogen) atoms. The lowest BCUT2D eigenvalue weighted by molar-refractivity contribution is 0.102. The summed E-state index contributed by atoms with van der Waals surface area (Å²) in [7, 11) is 1.98. The molecule has 4 bridgehead atoms. The number of hydrogen-bond acceptors (Lipinski definition) is 6. The summed E-state index contributed by atoms with van der Waals surface area (Å²) < 4.78 is 5.89. The van der Waals surface area contributed by atoms with Gasteiger partial charge in [-0.15, -0.1) is 0 Å². The van der Waals surface area contributed by atoms with Crippen molar-refractivity contribution < 1.29 is 9.53 Å². The van der Waals surface area contributed by atoms with E-state index >= 15 is 0 Å². The van der Waals surface area contributed by atoms with Gasteiger partial charge in [0.2, 0.25) is 0 Å². The quantitative estimate of drug-likeness (QED) is 0.627. The fourth-order valence-corrected chi connectivity index (χ4v) is 3.16. The van der Waals surface area contributed by atoms with Gasteiger partial charge in [0.05, 0.1) is 29.9 Å². The average Bonchev–Trinajstić information content (AvgIpc) is 2.71. The first-order valence-electron chi connectivity index (χ1n) is 9.09. The van der Waals surface area contributed by atoms with Crippen molar-refractivity contribution in [1.29, 1.82) is 0 Å². The van der Waals surface area contributed by atoms with Crippen LogP contribution in [0.2, 0.25) is 0 Å². The molecule has 1 aliphatic rings. The maximum absolute atomic E-state index is 12.9. The van der Waals surface area contributed by atoms with Gasteiger partial charge in [-0.3, -0.25) is 4.79 Å². The van der Waals surface area contributed by atoms with Gasteiger partial charge in [-0.2, -0.15) is 0 Å². The first kappa shape index (κ1) is 17.8. The van der Waals surface area contributed by atoms with Gasteiger partial charge in [0, 0.05) is 19.2 Å². The molecule has 1 aliphatic heterocycles. The topological polar surface area (TPSA) is 93.4 Å². The van der Waals surface area contributed by atoms with Gasteiger partial charge in [-0.05, 0) is 30.7 Å². The van der Waals surface area contributed by atoms with Crippen LogP contribution < -0.4 is 20.7 Å².